The summed E-state index contributed by atoms with van der Waals surface area (Å²) in [5, 5.41) is 0. The van der Waals surface area contributed by atoms with E-state index in [2.05, 4.69) is 0 Å². The Hall–Kier alpha value is -5.17. The molecule has 0 amide bonds. The fourth-order valence-electron chi connectivity index (χ4n) is 5.10. The molecule has 0 spiro atoms. The van der Waals surface area contributed by atoms with Gasteiger partial charge in [0.2, 0.25) is 11.5 Å². The van der Waals surface area contributed by atoms with Gasteiger partial charge in [0.25, 0.3) is 0 Å². The monoisotopic (exact) mass is 564 g/mol. The smallest absolute Gasteiger partial charge is 0.203 e. The van der Waals surface area contributed by atoms with Gasteiger partial charge in [-0.15, -0.1) is 0 Å². The molecular weight excluding hydrogens is 532 g/mol. The van der Waals surface area contributed by atoms with Crippen LogP contribution in [-0.2, 0) is 0 Å². The summed E-state index contributed by atoms with van der Waals surface area (Å²) in [6, 6.07) is 19.4. The van der Waals surface area contributed by atoms with E-state index in [1.807, 2.05) is 85.0 Å². The van der Waals surface area contributed by atoms with Gasteiger partial charge in [0.05, 0.1) is 42.7 Å². The number of hydrogen-bond donors (Lipinski definition) is 0. The van der Waals surface area contributed by atoms with Gasteiger partial charge in [-0.1, -0.05) is 48.6 Å². The molecule has 1 aliphatic carbocycles. The van der Waals surface area contributed by atoms with Crippen LogP contribution in [0.15, 0.2) is 60.7 Å². The predicted octanol–water partition coefficient (Wildman–Crippen LogP) is 7.29. The number of benzene rings is 4. The molecule has 0 heterocycles. The van der Waals surface area contributed by atoms with Crippen LogP contribution in [-0.4, -0.2) is 48.4 Å². The van der Waals surface area contributed by atoms with Gasteiger partial charge in [0.1, 0.15) is 0 Å². The van der Waals surface area contributed by atoms with Crippen molar-refractivity contribution in [3.63, 3.8) is 0 Å². The summed E-state index contributed by atoms with van der Waals surface area (Å²) in [4.78, 5) is 13.5. The van der Waals surface area contributed by atoms with Crippen molar-refractivity contribution in [3.8, 4) is 45.6 Å². The van der Waals surface area contributed by atoms with Gasteiger partial charge < -0.3 is 28.4 Å². The van der Waals surface area contributed by atoms with Crippen molar-refractivity contribution in [1.82, 2.24) is 0 Å². The predicted molar refractivity (Wildman–Crippen MR) is 165 cm³/mol. The maximum Gasteiger partial charge on any atom is 0.203 e. The molecule has 0 fully saturated rings. The molecule has 4 aromatic rings. The second-order valence-electron chi connectivity index (χ2n) is 9.52. The molecule has 7 heteroatoms. The molecule has 0 unspecified atom stereocenters. The van der Waals surface area contributed by atoms with E-state index in [9.17, 15) is 4.79 Å². The number of hydrogen-bond acceptors (Lipinski definition) is 7. The summed E-state index contributed by atoms with van der Waals surface area (Å²) in [6.07, 6.45) is 7.82. The van der Waals surface area contributed by atoms with Crippen LogP contribution in [0.5, 0.6) is 34.5 Å². The number of fused-ring (bicyclic) bond motifs is 3. The average molecular weight is 565 g/mol. The third kappa shape index (κ3) is 5.29. The van der Waals surface area contributed by atoms with E-state index in [1.165, 1.54) is 0 Å². The van der Waals surface area contributed by atoms with Crippen LogP contribution < -0.4 is 28.4 Å². The van der Waals surface area contributed by atoms with Gasteiger partial charge in [-0.2, -0.15) is 0 Å². The molecule has 0 bridgehead atoms. The van der Waals surface area contributed by atoms with Crippen LogP contribution >= 0.6 is 0 Å². The largest absolute Gasteiger partial charge is 0.493 e. The maximum absolute atomic E-state index is 13.5. The van der Waals surface area contributed by atoms with Crippen molar-refractivity contribution in [3.05, 3.63) is 94.0 Å². The molecule has 7 nitrogen and oxygen atoms in total. The first-order valence-electron chi connectivity index (χ1n) is 13.2. The second kappa shape index (κ2) is 12.1. The summed E-state index contributed by atoms with van der Waals surface area (Å²) in [7, 11) is 9.49. The lowest BCUT2D eigenvalue weighted by Crippen LogP contribution is -1.96. The van der Waals surface area contributed by atoms with Crippen molar-refractivity contribution in [2.75, 3.05) is 42.7 Å². The van der Waals surface area contributed by atoms with E-state index < -0.39 is 0 Å². The second-order valence-corrected chi connectivity index (χ2v) is 9.52. The zero-order valence-corrected chi connectivity index (χ0v) is 24.4. The molecule has 0 saturated carbocycles. The first-order valence-corrected chi connectivity index (χ1v) is 13.2. The average Bonchev–Trinajstić information content (AvgIpc) is 3.31. The van der Waals surface area contributed by atoms with Gasteiger partial charge in [0.15, 0.2) is 28.8 Å². The Labute approximate surface area is 245 Å². The van der Waals surface area contributed by atoms with E-state index in [-0.39, 0.29) is 5.78 Å². The summed E-state index contributed by atoms with van der Waals surface area (Å²) in [6.45, 7) is 0. The van der Waals surface area contributed by atoms with E-state index in [0.717, 1.165) is 33.4 Å². The molecule has 214 valence electrons. The van der Waals surface area contributed by atoms with Crippen molar-refractivity contribution in [2.24, 2.45) is 0 Å². The van der Waals surface area contributed by atoms with E-state index >= 15 is 0 Å². The zero-order valence-electron chi connectivity index (χ0n) is 24.4. The topological polar surface area (TPSA) is 72.5 Å². The van der Waals surface area contributed by atoms with Gasteiger partial charge in [-0.3, -0.25) is 4.79 Å². The highest BCUT2D eigenvalue weighted by Gasteiger charge is 2.26. The van der Waals surface area contributed by atoms with Crippen LogP contribution in [0.3, 0.4) is 0 Å². The number of carbonyl (C=O) groups is 1. The Kier molecular flexibility index (Phi) is 8.20. The lowest BCUT2D eigenvalue weighted by Gasteiger charge is -2.12. The van der Waals surface area contributed by atoms with Crippen molar-refractivity contribution in [1.29, 1.82) is 0 Å². The van der Waals surface area contributed by atoms with Gasteiger partial charge in [0, 0.05) is 11.1 Å². The minimum Gasteiger partial charge on any atom is -0.493 e. The fourth-order valence-corrected chi connectivity index (χ4v) is 5.10. The Morgan fingerprint density at radius 3 is 1.05 bits per heavy atom. The van der Waals surface area contributed by atoms with Gasteiger partial charge in [-0.05, 0) is 69.8 Å². The highest BCUT2D eigenvalue weighted by molar-refractivity contribution is 6.22. The molecule has 0 atom stereocenters. The lowest BCUT2D eigenvalue weighted by molar-refractivity contribution is 0.104. The molecule has 5 rings (SSSR count). The van der Waals surface area contributed by atoms with E-state index in [1.54, 1.807) is 42.7 Å². The van der Waals surface area contributed by atoms with E-state index in [4.69, 9.17) is 28.4 Å². The van der Waals surface area contributed by atoms with Crippen LogP contribution in [0, 0.1) is 0 Å². The number of rotatable bonds is 10. The minimum atomic E-state index is 0.00562. The van der Waals surface area contributed by atoms with Crippen LogP contribution in [0.25, 0.3) is 35.4 Å². The number of carbonyl (C=O) groups excluding carboxylic acids is 1. The quantitative estimate of drug-likeness (QED) is 0.165. The fraction of sp³-hybridized carbons (Fsp3) is 0.171. The Bertz CT molecular complexity index is 1540. The highest BCUT2D eigenvalue weighted by atomic mass is 16.5. The summed E-state index contributed by atoms with van der Waals surface area (Å²) in [5.74, 6) is 3.38. The van der Waals surface area contributed by atoms with Crippen LogP contribution in [0.4, 0.5) is 0 Å². The molecule has 0 aromatic heterocycles. The van der Waals surface area contributed by atoms with Crippen molar-refractivity contribution >= 4 is 30.1 Å². The standard InChI is InChI=1S/C35H32O7/c1-37-29-17-23(18-30(38-2)34(29)41-5)9-7-21-11-13-25-26-14-12-22(16-28(26)33(36)27(25)15-21)8-10-24-19-31(39-3)35(42-6)32(20-24)40-4/h7-20H,1-6H3/b9-7+,10-8+. The first kappa shape index (κ1) is 28.4. The molecule has 0 aliphatic heterocycles. The normalized spacial score (nSPS) is 11.9. The van der Waals surface area contributed by atoms with Crippen molar-refractivity contribution in [2.45, 2.75) is 0 Å². The Balaban J connectivity index is 1.40. The molecule has 0 N–H and O–H groups in total. The third-order valence-electron chi connectivity index (χ3n) is 7.18. The van der Waals surface area contributed by atoms with Crippen LogP contribution in [0.1, 0.15) is 38.2 Å². The van der Waals surface area contributed by atoms with E-state index in [0.29, 0.717) is 45.6 Å². The molecule has 0 radical (unpaired) electrons. The molecular formula is C35H32O7. The number of ether oxygens (including phenoxy) is 6. The SMILES string of the molecule is COc1cc(/C=C/c2ccc3c(c2)C(=O)c2cc(/C=C/c4cc(OC)c(OC)c(OC)c4)ccc2-3)cc(OC)c1OC. The number of ketones is 1. The summed E-state index contributed by atoms with van der Waals surface area (Å²) >= 11 is 0. The van der Waals surface area contributed by atoms with Crippen LogP contribution in [0.2, 0.25) is 0 Å². The minimum absolute atomic E-state index is 0.00562. The Morgan fingerprint density at radius 1 is 0.405 bits per heavy atom. The number of methoxy groups -OCH3 is 6. The molecule has 4 aromatic carbocycles. The first-order chi connectivity index (χ1) is 20.4. The maximum atomic E-state index is 13.5. The lowest BCUT2D eigenvalue weighted by atomic mass is 10.0. The zero-order chi connectivity index (χ0) is 29.8. The summed E-state index contributed by atoms with van der Waals surface area (Å²) in [5.41, 5.74) is 6.80. The molecule has 42 heavy (non-hydrogen) atoms. The third-order valence-corrected chi connectivity index (χ3v) is 7.18. The Morgan fingerprint density at radius 2 is 0.738 bits per heavy atom. The van der Waals surface area contributed by atoms with Gasteiger partial charge >= 0.3 is 0 Å². The summed E-state index contributed by atoms with van der Waals surface area (Å²) < 4.78 is 32.7. The molecule has 1 aliphatic rings. The highest BCUT2D eigenvalue weighted by Crippen LogP contribution is 2.41. The van der Waals surface area contributed by atoms with Crippen molar-refractivity contribution < 1.29 is 33.2 Å². The molecule has 0 saturated heterocycles. The van der Waals surface area contributed by atoms with Gasteiger partial charge in [-0.25, -0.2) is 0 Å².